The lowest BCUT2D eigenvalue weighted by molar-refractivity contribution is 0.570. The molecule has 0 aromatic heterocycles. The quantitative estimate of drug-likeness (QED) is 0.587. The average Bonchev–Trinajstić information content (AvgIpc) is 2.25. The molecule has 3 heteroatoms. The van der Waals surface area contributed by atoms with Gasteiger partial charge in [0.1, 0.15) is 0 Å². The van der Waals surface area contributed by atoms with Crippen molar-refractivity contribution in [2.75, 3.05) is 6.54 Å². The fraction of sp³-hybridized carbons (Fsp3) is 1.00. The van der Waals surface area contributed by atoms with Crippen molar-refractivity contribution in [1.29, 1.82) is 0 Å². The second-order valence-electron chi connectivity index (χ2n) is 5.75. The molecule has 1 N–H and O–H groups in total. The standard InChI is InChI=1S/C14H31NOS/c1-5-6-7-8-9-10-11-12-13-15-17(16)14(2,3)4/h15H,5-13H2,1-4H3/t17-/m0/s1. The van der Waals surface area contributed by atoms with E-state index < -0.39 is 11.0 Å². The third-order valence-corrected chi connectivity index (χ3v) is 4.40. The zero-order valence-electron chi connectivity index (χ0n) is 12.2. The molecule has 0 heterocycles. The fourth-order valence-corrected chi connectivity index (χ4v) is 2.40. The van der Waals surface area contributed by atoms with Crippen LogP contribution in [-0.2, 0) is 11.0 Å². The summed E-state index contributed by atoms with van der Waals surface area (Å²) in [5, 5.41) is 0. The minimum atomic E-state index is -0.899. The summed E-state index contributed by atoms with van der Waals surface area (Å²) >= 11 is 0. The summed E-state index contributed by atoms with van der Waals surface area (Å²) in [4.78, 5) is 0. The van der Waals surface area contributed by atoms with Gasteiger partial charge < -0.3 is 0 Å². The van der Waals surface area contributed by atoms with Crippen LogP contribution in [0.1, 0.15) is 79.1 Å². The topological polar surface area (TPSA) is 29.1 Å². The van der Waals surface area contributed by atoms with Crippen molar-refractivity contribution < 1.29 is 4.21 Å². The van der Waals surface area contributed by atoms with Crippen LogP contribution < -0.4 is 4.72 Å². The molecule has 0 aromatic carbocycles. The van der Waals surface area contributed by atoms with E-state index in [0.29, 0.717) is 0 Å². The van der Waals surface area contributed by atoms with Crippen LogP contribution in [0.4, 0.5) is 0 Å². The highest BCUT2D eigenvalue weighted by Gasteiger charge is 2.18. The molecule has 17 heavy (non-hydrogen) atoms. The van der Waals surface area contributed by atoms with Crippen LogP contribution in [0.25, 0.3) is 0 Å². The Labute approximate surface area is 111 Å². The van der Waals surface area contributed by atoms with Crippen molar-refractivity contribution in [3.63, 3.8) is 0 Å². The Bertz CT molecular complexity index is 199. The van der Waals surface area contributed by atoms with Gasteiger partial charge in [-0.15, -0.1) is 0 Å². The number of hydrogen-bond acceptors (Lipinski definition) is 1. The van der Waals surface area contributed by atoms with Gasteiger partial charge in [0.15, 0.2) is 0 Å². The SMILES string of the molecule is CCCCCCCCCCN[S@@](=O)C(C)(C)C. The Morgan fingerprint density at radius 2 is 1.35 bits per heavy atom. The summed E-state index contributed by atoms with van der Waals surface area (Å²) in [6.07, 6.45) is 10.6. The molecule has 1 atom stereocenters. The van der Waals surface area contributed by atoms with Crippen LogP contribution in [0.5, 0.6) is 0 Å². The Morgan fingerprint density at radius 3 is 1.82 bits per heavy atom. The van der Waals surface area contributed by atoms with Gasteiger partial charge in [-0.05, 0) is 27.2 Å². The smallest absolute Gasteiger partial charge is 0.0970 e. The molecule has 0 saturated carbocycles. The molecule has 0 aliphatic carbocycles. The molecule has 0 amide bonds. The number of nitrogens with one attached hydrogen (secondary N) is 1. The van der Waals surface area contributed by atoms with Gasteiger partial charge in [0.05, 0.1) is 15.7 Å². The molecule has 0 unspecified atom stereocenters. The molecule has 0 aliphatic heterocycles. The van der Waals surface area contributed by atoms with Gasteiger partial charge >= 0.3 is 0 Å². The molecule has 0 saturated heterocycles. The highest BCUT2D eigenvalue weighted by Crippen LogP contribution is 2.10. The molecule has 0 bridgehead atoms. The number of unbranched alkanes of at least 4 members (excludes halogenated alkanes) is 7. The predicted octanol–water partition coefficient (Wildman–Crippen LogP) is 4.18. The monoisotopic (exact) mass is 261 g/mol. The Balaban J connectivity index is 3.22. The molecular formula is C14H31NOS. The van der Waals surface area contributed by atoms with Gasteiger partial charge in [0.2, 0.25) is 0 Å². The largest absolute Gasteiger partial charge is 0.242 e. The normalized spacial score (nSPS) is 13.9. The van der Waals surface area contributed by atoms with Gasteiger partial charge in [-0.25, -0.2) is 8.93 Å². The van der Waals surface area contributed by atoms with Gasteiger partial charge in [-0.2, -0.15) is 0 Å². The minimum Gasteiger partial charge on any atom is -0.242 e. The van der Waals surface area contributed by atoms with Crippen molar-refractivity contribution >= 4 is 11.0 Å². The first-order valence-corrected chi connectivity index (χ1v) is 8.29. The van der Waals surface area contributed by atoms with Crippen molar-refractivity contribution in [2.24, 2.45) is 0 Å². The Morgan fingerprint density at radius 1 is 0.882 bits per heavy atom. The lowest BCUT2D eigenvalue weighted by Gasteiger charge is -2.17. The van der Waals surface area contributed by atoms with Crippen molar-refractivity contribution in [1.82, 2.24) is 4.72 Å². The van der Waals surface area contributed by atoms with E-state index in [1.165, 1.54) is 44.9 Å². The number of rotatable bonds is 10. The van der Waals surface area contributed by atoms with E-state index in [9.17, 15) is 4.21 Å². The molecule has 0 aliphatic rings. The molecule has 0 radical (unpaired) electrons. The zero-order valence-corrected chi connectivity index (χ0v) is 13.0. The highest BCUT2D eigenvalue weighted by molar-refractivity contribution is 7.84. The lowest BCUT2D eigenvalue weighted by Crippen LogP contribution is -2.33. The Kier molecular flexibility index (Phi) is 10.1. The molecule has 2 nitrogen and oxygen atoms in total. The molecule has 0 fully saturated rings. The van der Waals surface area contributed by atoms with Gasteiger partial charge in [-0.3, -0.25) is 0 Å². The number of hydrogen-bond donors (Lipinski definition) is 1. The summed E-state index contributed by atoms with van der Waals surface area (Å²) in [7, 11) is -0.899. The lowest BCUT2D eigenvalue weighted by atomic mass is 10.1. The second-order valence-corrected chi connectivity index (χ2v) is 7.80. The zero-order chi connectivity index (χ0) is 13.1. The van der Waals surface area contributed by atoms with E-state index in [4.69, 9.17) is 0 Å². The van der Waals surface area contributed by atoms with E-state index in [0.717, 1.165) is 13.0 Å². The van der Waals surface area contributed by atoms with Crippen LogP contribution in [-0.4, -0.2) is 15.5 Å². The fourth-order valence-electron chi connectivity index (χ4n) is 1.64. The summed E-state index contributed by atoms with van der Waals surface area (Å²) in [5.41, 5.74) is 0. The minimum absolute atomic E-state index is 0.139. The van der Waals surface area contributed by atoms with Crippen LogP contribution in [0.2, 0.25) is 0 Å². The summed E-state index contributed by atoms with van der Waals surface area (Å²) in [5.74, 6) is 0. The maximum absolute atomic E-state index is 11.7. The molecule has 104 valence electrons. The molecule has 0 aromatic rings. The first-order valence-electron chi connectivity index (χ1n) is 7.14. The summed E-state index contributed by atoms with van der Waals surface area (Å²) < 4.78 is 14.6. The van der Waals surface area contributed by atoms with Crippen molar-refractivity contribution in [3.05, 3.63) is 0 Å². The van der Waals surface area contributed by atoms with Gasteiger partial charge in [0.25, 0.3) is 0 Å². The van der Waals surface area contributed by atoms with Gasteiger partial charge in [0, 0.05) is 6.54 Å². The highest BCUT2D eigenvalue weighted by atomic mass is 32.2. The predicted molar refractivity (Wildman–Crippen MR) is 78.5 cm³/mol. The van der Waals surface area contributed by atoms with Crippen LogP contribution in [0.15, 0.2) is 0 Å². The van der Waals surface area contributed by atoms with E-state index in [1.54, 1.807) is 0 Å². The summed E-state index contributed by atoms with van der Waals surface area (Å²) in [6, 6.07) is 0. The maximum Gasteiger partial charge on any atom is 0.0970 e. The van der Waals surface area contributed by atoms with Crippen LogP contribution >= 0.6 is 0 Å². The van der Waals surface area contributed by atoms with Gasteiger partial charge in [-0.1, -0.05) is 51.9 Å². The van der Waals surface area contributed by atoms with E-state index in [1.807, 2.05) is 20.8 Å². The molecular weight excluding hydrogens is 230 g/mol. The third-order valence-electron chi connectivity index (χ3n) is 2.82. The molecule has 0 spiro atoms. The Hall–Kier alpha value is 0.110. The molecule has 0 rings (SSSR count). The summed E-state index contributed by atoms with van der Waals surface area (Å²) in [6.45, 7) is 9.15. The maximum atomic E-state index is 11.7. The van der Waals surface area contributed by atoms with Crippen LogP contribution in [0, 0.1) is 0 Å². The van der Waals surface area contributed by atoms with E-state index in [2.05, 4.69) is 11.6 Å². The first kappa shape index (κ1) is 17.1. The van der Waals surface area contributed by atoms with E-state index in [-0.39, 0.29) is 4.75 Å². The second kappa shape index (κ2) is 10.1. The third kappa shape index (κ3) is 11.0. The van der Waals surface area contributed by atoms with Crippen molar-refractivity contribution in [2.45, 2.75) is 83.8 Å². The first-order chi connectivity index (χ1) is 7.98. The average molecular weight is 261 g/mol. The van der Waals surface area contributed by atoms with Crippen LogP contribution in [0.3, 0.4) is 0 Å². The van der Waals surface area contributed by atoms with Crippen molar-refractivity contribution in [3.8, 4) is 0 Å². The van der Waals surface area contributed by atoms with E-state index >= 15 is 0 Å².